The summed E-state index contributed by atoms with van der Waals surface area (Å²) in [6, 6.07) is 16.5. The van der Waals surface area contributed by atoms with Gasteiger partial charge in [-0.1, -0.05) is 30.3 Å². The number of aryl methyl sites for hydroxylation is 1. The summed E-state index contributed by atoms with van der Waals surface area (Å²) in [6.07, 6.45) is 3.53. The van der Waals surface area contributed by atoms with E-state index in [4.69, 9.17) is 5.10 Å². The fraction of sp³-hybridized carbons (Fsp3) is 0.0526. The van der Waals surface area contributed by atoms with Crippen LogP contribution in [0, 0.1) is 6.92 Å². The van der Waals surface area contributed by atoms with Gasteiger partial charge in [0, 0.05) is 17.0 Å². The second-order valence-corrected chi connectivity index (χ2v) is 6.96. The van der Waals surface area contributed by atoms with Crippen LogP contribution < -0.4 is 0 Å². The monoisotopic (exact) mass is 379 g/mol. The summed E-state index contributed by atoms with van der Waals surface area (Å²) >= 11 is 1.69. The fourth-order valence-corrected chi connectivity index (χ4v) is 3.91. The van der Waals surface area contributed by atoms with Gasteiger partial charge in [-0.25, -0.2) is 0 Å². The highest BCUT2D eigenvalue weighted by Gasteiger charge is 2.14. The maximum atomic E-state index is 4.74. The zero-order valence-electron chi connectivity index (χ0n) is 13.8. The van der Waals surface area contributed by atoms with Crippen molar-refractivity contribution >= 4 is 40.2 Å². The highest BCUT2D eigenvalue weighted by molar-refractivity contribution is 7.18. The maximum absolute atomic E-state index is 4.74. The Hall–Kier alpha value is -2.83. The van der Waals surface area contributed by atoms with Gasteiger partial charge in [0.15, 0.2) is 5.65 Å². The normalized spacial score (nSPS) is 11.0. The van der Waals surface area contributed by atoms with Crippen LogP contribution in [0.3, 0.4) is 0 Å². The van der Waals surface area contributed by atoms with Crippen LogP contribution in [-0.4, -0.2) is 24.8 Å². The van der Waals surface area contributed by atoms with Crippen LogP contribution >= 0.6 is 23.7 Å². The number of hydrogen-bond donors (Lipinski definition) is 0. The third kappa shape index (κ3) is 2.64. The van der Waals surface area contributed by atoms with Gasteiger partial charge in [-0.3, -0.25) is 4.98 Å². The molecule has 0 unspecified atom stereocenters. The first-order valence-corrected chi connectivity index (χ1v) is 8.73. The highest BCUT2D eigenvalue weighted by atomic mass is 35.5. The average Bonchev–Trinajstić information content (AvgIpc) is 3.31. The lowest BCUT2D eigenvalue weighted by molar-refractivity contribution is 0.943. The van der Waals surface area contributed by atoms with E-state index >= 15 is 0 Å². The third-order valence-corrected chi connectivity index (χ3v) is 5.28. The molecular formula is C19H14ClN5S. The van der Waals surface area contributed by atoms with Crippen LogP contribution in [0.2, 0.25) is 0 Å². The quantitative estimate of drug-likeness (QED) is 0.442. The van der Waals surface area contributed by atoms with Gasteiger partial charge in [0.25, 0.3) is 0 Å². The molecule has 0 saturated carbocycles. The van der Waals surface area contributed by atoms with Crippen molar-refractivity contribution in [3.63, 3.8) is 0 Å². The molecule has 26 heavy (non-hydrogen) atoms. The number of pyridine rings is 1. The molecule has 4 aromatic heterocycles. The summed E-state index contributed by atoms with van der Waals surface area (Å²) in [5.74, 6) is 0. The SMILES string of the molecule is Cc1ccc(-c2ccc(-c3nn4cnnc4c4ccccc34)s2)nc1.Cl. The lowest BCUT2D eigenvalue weighted by Crippen LogP contribution is -1.95. The molecule has 1 aromatic carbocycles. The second kappa shape index (κ2) is 6.48. The molecule has 0 spiro atoms. The minimum atomic E-state index is 0. The van der Waals surface area contributed by atoms with E-state index in [1.165, 1.54) is 0 Å². The van der Waals surface area contributed by atoms with Gasteiger partial charge in [0.05, 0.1) is 15.4 Å². The first kappa shape index (κ1) is 16.6. The zero-order chi connectivity index (χ0) is 16.8. The number of aromatic nitrogens is 5. The average molecular weight is 380 g/mol. The zero-order valence-corrected chi connectivity index (χ0v) is 15.5. The summed E-state index contributed by atoms with van der Waals surface area (Å²) in [5.41, 5.74) is 3.85. The van der Waals surface area contributed by atoms with E-state index in [2.05, 4.69) is 51.6 Å². The Morgan fingerprint density at radius 1 is 0.923 bits per heavy atom. The van der Waals surface area contributed by atoms with Crippen molar-refractivity contribution in [3.05, 3.63) is 66.6 Å². The van der Waals surface area contributed by atoms with Crippen molar-refractivity contribution in [2.45, 2.75) is 6.92 Å². The fourth-order valence-electron chi connectivity index (χ4n) is 2.92. The Labute approximate surface area is 159 Å². The summed E-state index contributed by atoms with van der Waals surface area (Å²) in [4.78, 5) is 6.75. The lowest BCUT2D eigenvalue weighted by atomic mass is 10.1. The van der Waals surface area contributed by atoms with Crippen molar-refractivity contribution in [1.82, 2.24) is 24.8 Å². The summed E-state index contributed by atoms with van der Waals surface area (Å²) < 4.78 is 1.74. The number of nitrogens with zero attached hydrogens (tertiary/aromatic N) is 5. The minimum Gasteiger partial charge on any atom is -0.255 e. The van der Waals surface area contributed by atoms with Crippen molar-refractivity contribution in [3.8, 4) is 21.1 Å². The topological polar surface area (TPSA) is 56.0 Å². The Morgan fingerprint density at radius 2 is 1.73 bits per heavy atom. The first-order valence-electron chi connectivity index (χ1n) is 7.91. The van der Waals surface area contributed by atoms with Gasteiger partial charge in [0.2, 0.25) is 0 Å². The van der Waals surface area contributed by atoms with Crippen LogP contribution in [0.15, 0.2) is 61.1 Å². The van der Waals surface area contributed by atoms with Crippen molar-refractivity contribution in [2.75, 3.05) is 0 Å². The smallest absolute Gasteiger partial charge is 0.185 e. The van der Waals surface area contributed by atoms with Crippen LogP contribution in [0.4, 0.5) is 0 Å². The Kier molecular flexibility index (Phi) is 4.14. The number of thiophene rings is 1. The van der Waals surface area contributed by atoms with Gasteiger partial charge in [-0.2, -0.15) is 9.61 Å². The molecule has 4 heterocycles. The third-order valence-electron chi connectivity index (χ3n) is 4.16. The molecule has 0 bridgehead atoms. The van der Waals surface area contributed by atoms with E-state index in [0.717, 1.165) is 43.1 Å². The number of hydrogen-bond acceptors (Lipinski definition) is 5. The predicted molar refractivity (Wildman–Crippen MR) is 107 cm³/mol. The van der Waals surface area contributed by atoms with Gasteiger partial charge < -0.3 is 0 Å². The van der Waals surface area contributed by atoms with Gasteiger partial charge >= 0.3 is 0 Å². The molecule has 0 atom stereocenters. The number of fused-ring (bicyclic) bond motifs is 3. The van der Waals surface area contributed by atoms with Gasteiger partial charge in [-0.05, 0) is 30.7 Å². The number of halogens is 1. The molecule has 5 nitrogen and oxygen atoms in total. The number of rotatable bonds is 2. The second-order valence-electron chi connectivity index (χ2n) is 5.88. The van der Waals surface area contributed by atoms with E-state index in [0.29, 0.717) is 0 Å². The predicted octanol–water partition coefficient (Wildman–Crippen LogP) is 4.80. The molecule has 0 N–H and O–H groups in total. The van der Waals surface area contributed by atoms with Crippen molar-refractivity contribution in [1.29, 1.82) is 0 Å². The maximum Gasteiger partial charge on any atom is 0.185 e. The van der Waals surface area contributed by atoms with E-state index in [-0.39, 0.29) is 12.4 Å². The van der Waals surface area contributed by atoms with E-state index < -0.39 is 0 Å². The first-order chi connectivity index (χ1) is 12.3. The highest BCUT2D eigenvalue weighted by Crippen LogP contribution is 2.36. The van der Waals surface area contributed by atoms with Gasteiger partial charge in [0.1, 0.15) is 12.0 Å². The van der Waals surface area contributed by atoms with E-state index in [9.17, 15) is 0 Å². The number of benzene rings is 1. The molecule has 0 fully saturated rings. The molecular weight excluding hydrogens is 366 g/mol. The Bertz CT molecular complexity index is 1210. The molecule has 0 amide bonds. The van der Waals surface area contributed by atoms with Crippen molar-refractivity contribution < 1.29 is 0 Å². The summed E-state index contributed by atoms with van der Waals surface area (Å²) in [7, 11) is 0. The molecule has 0 aliphatic heterocycles. The minimum absolute atomic E-state index is 0. The molecule has 5 rings (SSSR count). The molecule has 0 radical (unpaired) electrons. The standard InChI is InChI=1S/C19H13N5S.ClH/c1-12-6-7-15(20-10-12)16-8-9-17(25-16)18-13-4-2-3-5-14(13)19-22-21-11-24(19)23-18;/h2-11H,1H3;1H. The molecule has 7 heteroatoms. The van der Waals surface area contributed by atoms with Crippen molar-refractivity contribution in [2.24, 2.45) is 0 Å². The lowest BCUT2D eigenvalue weighted by Gasteiger charge is -2.05. The Balaban J connectivity index is 0.00000168. The Morgan fingerprint density at radius 3 is 2.54 bits per heavy atom. The van der Waals surface area contributed by atoms with Crippen LogP contribution in [0.25, 0.3) is 37.6 Å². The molecule has 0 aliphatic rings. The van der Waals surface area contributed by atoms with Crippen LogP contribution in [0.1, 0.15) is 5.56 Å². The molecule has 128 valence electrons. The van der Waals surface area contributed by atoms with E-state index in [1.807, 2.05) is 25.3 Å². The molecule has 5 aromatic rings. The summed E-state index contributed by atoms with van der Waals surface area (Å²) in [6.45, 7) is 2.04. The van der Waals surface area contributed by atoms with E-state index in [1.54, 1.807) is 22.2 Å². The largest absolute Gasteiger partial charge is 0.255 e. The van der Waals surface area contributed by atoms with Crippen LogP contribution in [0.5, 0.6) is 0 Å². The van der Waals surface area contributed by atoms with Crippen LogP contribution in [-0.2, 0) is 0 Å². The van der Waals surface area contributed by atoms with Gasteiger partial charge in [-0.15, -0.1) is 33.9 Å². The molecule has 0 aliphatic carbocycles. The molecule has 0 saturated heterocycles. The summed E-state index contributed by atoms with van der Waals surface area (Å²) in [5, 5.41) is 15.0.